The van der Waals surface area contributed by atoms with Crippen molar-refractivity contribution in [1.82, 2.24) is 0 Å². The van der Waals surface area contributed by atoms with Gasteiger partial charge in [-0.15, -0.1) is 0 Å². The number of nitrogens with two attached hydrogens (primary N) is 1. The van der Waals surface area contributed by atoms with E-state index in [1.54, 1.807) is 0 Å². The third kappa shape index (κ3) is 3.20. The summed E-state index contributed by atoms with van der Waals surface area (Å²) >= 11 is 11.3. The van der Waals surface area contributed by atoms with Gasteiger partial charge in [0, 0.05) is 11.6 Å². The van der Waals surface area contributed by atoms with E-state index in [1.165, 1.54) is 11.1 Å². The molecule has 0 heterocycles. The highest BCUT2D eigenvalue weighted by Gasteiger charge is 2.18. The molecule has 2 aromatic carbocycles. The van der Waals surface area contributed by atoms with Gasteiger partial charge in [-0.2, -0.15) is 0 Å². The lowest BCUT2D eigenvalue weighted by Crippen LogP contribution is -2.27. The summed E-state index contributed by atoms with van der Waals surface area (Å²) in [5.41, 5.74) is 10.3. The Morgan fingerprint density at radius 2 is 1.95 bits per heavy atom. The summed E-state index contributed by atoms with van der Waals surface area (Å²) in [6.45, 7) is 0. The van der Waals surface area contributed by atoms with Gasteiger partial charge in [0.15, 0.2) is 0 Å². The van der Waals surface area contributed by atoms with Crippen molar-refractivity contribution in [3.63, 3.8) is 0 Å². The second-order valence-corrected chi connectivity index (χ2v) is 6.26. The number of hydrogen-bond acceptors (Lipinski definition) is 2. The van der Waals surface area contributed by atoms with Gasteiger partial charge in [-0.25, -0.2) is 0 Å². The molecule has 0 aromatic heterocycles. The van der Waals surface area contributed by atoms with Gasteiger partial charge >= 0.3 is 0 Å². The van der Waals surface area contributed by atoms with E-state index >= 15 is 0 Å². The fraction of sp³-hybridized carbons (Fsp3) is 0.235. The number of thiocarbonyl (C=S) groups is 1. The molecule has 0 spiro atoms. The van der Waals surface area contributed by atoms with Gasteiger partial charge in [0.1, 0.15) is 4.99 Å². The number of halogens is 1. The van der Waals surface area contributed by atoms with Gasteiger partial charge in [0.25, 0.3) is 0 Å². The molecule has 3 rings (SSSR count). The minimum absolute atomic E-state index is 0.370. The third-order valence-electron chi connectivity index (χ3n) is 3.96. The molecule has 108 valence electrons. The van der Waals surface area contributed by atoms with E-state index in [-0.39, 0.29) is 0 Å². The van der Waals surface area contributed by atoms with Gasteiger partial charge in [-0.05, 0) is 48.6 Å². The largest absolute Gasteiger partial charge is 0.389 e. The maximum atomic E-state index is 6.32. The van der Waals surface area contributed by atoms with Crippen LogP contribution in [0, 0.1) is 0 Å². The first kappa shape index (κ1) is 14.4. The number of hydrogen-bond donors (Lipinski definition) is 2. The number of nitrogens with one attached hydrogen (secondary N) is 1. The van der Waals surface area contributed by atoms with Gasteiger partial charge in [-0.3, -0.25) is 0 Å². The summed E-state index contributed by atoms with van der Waals surface area (Å²) in [5.74, 6) is 0. The summed E-state index contributed by atoms with van der Waals surface area (Å²) in [6, 6.07) is 14.7. The van der Waals surface area contributed by atoms with Crippen LogP contribution < -0.4 is 11.1 Å². The second-order valence-electron chi connectivity index (χ2n) is 5.41. The molecule has 21 heavy (non-hydrogen) atoms. The molecule has 0 saturated carbocycles. The van der Waals surface area contributed by atoms with Crippen LogP contribution in [0.4, 0.5) is 5.69 Å². The normalized spacial score (nSPS) is 17.1. The number of fused-ring (bicyclic) bond motifs is 1. The van der Waals surface area contributed by atoms with Crippen LogP contribution >= 0.6 is 23.8 Å². The maximum Gasteiger partial charge on any atom is 0.104 e. The number of benzene rings is 2. The van der Waals surface area contributed by atoms with E-state index in [0.717, 1.165) is 30.5 Å². The van der Waals surface area contributed by atoms with Gasteiger partial charge < -0.3 is 11.1 Å². The van der Waals surface area contributed by atoms with Gasteiger partial charge in [-0.1, -0.05) is 48.1 Å². The van der Waals surface area contributed by atoms with Crippen LogP contribution in [0.5, 0.6) is 0 Å². The maximum absolute atomic E-state index is 6.32. The highest BCUT2D eigenvalue weighted by molar-refractivity contribution is 7.80. The first-order valence-electron chi connectivity index (χ1n) is 7.06. The van der Waals surface area contributed by atoms with E-state index in [4.69, 9.17) is 29.6 Å². The molecule has 3 N–H and O–H groups in total. The summed E-state index contributed by atoms with van der Waals surface area (Å²) in [7, 11) is 0. The predicted octanol–water partition coefficient (Wildman–Crippen LogP) is 3.94. The predicted molar refractivity (Wildman–Crippen MR) is 93.2 cm³/mol. The molecule has 2 nitrogen and oxygen atoms in total. The van der Waals surface area contributed by atoms with Crippen LogP contribution in [0.25, 0.3) is 0 Å². The molecule has 1 aliphatic rings. The van der Waals surface area contributed by atoms with Crippen molar-refractivity contribution in [3.05, 3.63) is 64.2 Å². The molecule has 0 saturated heterocycles. The fourth-order valence-corrected chi connectivity index (χ4v) is 3.19. The third-order valence-corrected chi connectivity index (χ3v) is 4.51. The number of anilines is 1. The van der Waals surface area contributed by atoms with E-state index in [0.29, 0.717) is 16.1 Å². The Kier molecular flexibility index (Phi) is 4.13. The molecule has 0 aliphatic heterocycles. The van der Waals surface area contributed by atoms with Crippen LogP contribution in [-0.4, -0.2) is 11.0 Å². The van der Waals surface area contributed by atoms with Crippen molar-refractivity contribution in [2.45, 2.75) is 25.3 Å². The Balaban J connectivity index is 1.75. The monoisotopic (exact) mass is 316 g/mol. The Morgan fingerprint density at radius 1 is 1.19 bits per heavy atom. The summed E-state index contributed by atoms with van der Waals surface area (Å²) in [5, 5.41) is 4.21. The van der Waals surface area contributed by atoms with E-state index in [1.807, 2.05) is 18.2 Å². The average Bonchev–Trinajstić information content (AvgIpc) is 2.49. The lowest BCUT2D eigenvalue weighted by molar-refractivity contribution is 0.611. The van der Waals surface area contributed by atoms with Gasteiger partial charge in [0.2, 0.25) is 0 Å². The van der Waals surface area contributed by atoms with Crippen LogP contribution in [0.15, 0.2) is 42.5 Å². The summed E-state index contributed by atoms with van der Waals surface area (Å²) in [6.07, 6.45) is 3.25. The lowest BCUT2D eigenvalue weighted by atomic mass is 9.88. The Hall–Kier alpha value is -1.58. The molecular weight excluding hydrogens is 300 g/mol. The minimum atomic E-state index is 0.370. The quantitative estimate of drug-likeness (QED) is 0.842. The first-order valence-corrected chi connectivity index (χ1v) is 7.85. The van der Waals surface area contributed by atoms with E-state index in [9.17, 15) is 0 Å². The van der Waals surface area contributed by atoms with Crippen LogP contribution in [0.3, 0.4) is 0 Å². The Bertz CT molecular complexity index is 684. The van der Waals surface area contributed by atoms with Crippen molar-refractivity contribution in [1.29, 1.82) is 0 Å². The SMILES string of the molecule is NC(=S)c1ccc(NC2CCc3ccccc3C2)c(Cl)c1. The molecule has 0 amide bonds. The van der Waals surface area contributed by atoms with E-state index < -0.39 is 0 Å². The first-order chi connectivity index (χ1) is 10.1. The van der Waals surface area contributed by atoms with Crippen molar-refractivity contribution >= 4 is 34.5 Å². The molecular formula is C17H17ClN2S. The molecule has 4 heteroatoms. The molecule has 1 aliphatic carbocycles. The zero-order valence-corrected chi connectivity index (χ0v) is 13.2. The molecule has 0 fully saturated rings. The van der Waals surface area contributed by atoms with Crippen molar-refractivity contribution in [3.8, 4) is 0 Å². The zero-order valence-electron chi connectivity index (χ0n) is 11.6. The fourth-order valence-electron chi connectivity index (χ4n) is 2.83. The second kappa shape index (κ2) is 6.04. The molecule has 2 aromatic rings. The van der Waals surface area contributed by atoms with Crippen molar-refractivity contribution in [2.24, 2.45) is 5.73 Å². The minimum Gasteiger partial charge on any atom is -0.389 e. The van der Waals surface area contributed by atoms with Gasteiger partial charge in [0.05, 0.1) is 10.7 Å². The molecule has 0 bridgehead atoms. The topological polar surface area (TPSA) is 38.0 Å². The Labute approximate surface area is 135 Å². The van der Waals surface area contributed by atoms with Crippen LogP contribution in [-0.2, 0) is 12.8 Å². The van der Waals surface area contributed by atoms with Crippen molar-refractivity contribution < 1.29 is 0 Å². The number of rotatable bonds is 3. The number of aryl methyl sites for hydroxylation is 1. The highest BCUT2D eigenvalue weighted by Crippen LogP contribution is 2.28. The van der Waals surface area contributed by atoms with Crippen LogP contribution in [0.2, 0.25) is 5.02 Å². The van der Waals surface area contributed by atoms with Crippen molar-refractivity contribution in [2.75, 3.05) is 5.32 Å². The summed E-state index contributed by atoms with van der Waals surface area (Å²) in [4.78, 5) is 0.370. The highest BCUT2D eigenvalue weighted by atomic mass is 35.5. The lowest BCUT2D eigenvalue weighted by Gasteiger charge is -2.26. The summed E-state index contributed by atoms with van der Waals surface area (Å²) < 4.78 is 0. The average molecular weight is 317 g/mol. The van der Waals surface area contributed by atoms with Crippen LogP contribution in [0.1, 0.15) is 23.1 Å². The molecule has 1 unspecified atom stereocenters. The standard InChI is InChI=1S/C17H17ClN2S/c18-15-10-13(17(19)21)6-8-16(15)20-14-7-5-11-3-1-2-4-12(11)9-14/h1-4,6,8,10,14,20H,5,7,9H2,(H2,19,21). The molecule has 1 atom stereocenters. The zero-order chi connectivity index (χ0) is 14.8. The van der Waals surface area contributed by atoms with E-state index in [2.05, 4.69) is 29.6 Å². The Morgan fingerprint density at radius 3 is 2.67 bits per heavy atom. The smallest absolute Gasteiger partial charge is 0.104 e. The molecule has 0 radical (unpaired) electrons.